The molecule has 0 unspecified atom stereocenters. The number of ketones is 1. The van der Waals surface area contributed by atoms with Crippen LogP contribution < -0.4 is 0 Å². The van der Waals surface area contributed by atoms with Gasteiger partial charge in [-0.15, -0.1) is 0 Å². The monoisotopic (exact) mass is 295 g/mol. The van der Waals surface area contributed by atoms with Crippen molar-refractivity contribution in [2.45, 2.75) is 51.9 Å². The van der Waals surface area contributed by atoms with Gasteiger partial charge in [0.15, 0.2) is 5.78 Å². The van der Waals surface area contributed by atoms with Gasteiger partial charge in [-0.2, -0.15) is 5.26 Å². The van der Waals surface area contributed by atoms with Crippen LogP contribution >= 0.6 is 0 Å². The van der Waals surface area contributed by atoms with Crippen molar-refractivity contribution in [3.05, 3.63) is 23.8 Å². The minimum Gasteiger partial charge on any atom is -0.295 e. The Morgan fingerprint density at radius 1 is 1.27 bits per heavy atom. The Morgan fingerprint density at radius 3 is 2.86 bits per heavy atom. The highest BCUT2D eigenvalue weighted by molar-refractivity contribution is 5.91. The number of rotatable bonds is 0. The highest BCUT2D eigenvalue weighted by Gasteiger charge is 2.57. The molecule has 116 valence electrons. The SMILES string of the molecule is C=C1C[C@H]2[C@@H]3CCC4=CC(=O)CC[C@@H]4[C@H]3CC[C@]2(C)[C@H]1C#N. The molecule has 0 bridgehead atoms. The highest BCUT2D eigenvalue weighted by atomic mass is 16.1. The molecule has 4 rings (SSSR count). The maximum atomic E-state index is 11.7. The number of carbonyl (C=O) groups excluding carboxylic acids is 1. The summed E-state index contributed by atoms with van der Waals surface area (Å²) in [6.45, 7) is 6.57. The lowest BCUT2D eigenvalue weighted by Gasteiger charge is -2.53. The van der Waals surface area contributed by atoms with Crippen molar-refractivity contribution in [3.63, 3.8) is 0 Å². The van der Waals surface area contributed by atoms with Gasteiger partial charge in [0.25, 0.3) is 0 Å². The predicted molar refractivity (Wildman–Crippen MR) is 85.7 cm³/mol. The van der Waals surface area contributed by atoms with Crippen LogP contribution in [-0.2, 0) is 4.79 Å². The molecule has 0 radical (unpaired) electrons. The van der Waals surface area contributed by atoms with E-state index in [1.807, 2.05) is 6.08 Å². The lowest BCUT2D eigenvalue weighted by Crippen LogP contribution is -2.46. The fraction of sp³-hybridized carbons (Fsp3) is 0.700. The second-order valence-electron chi connectivity index (χ2n) is 8.27. The van der Waals surface area contributed by atoms with Gasteiger partial charge >= 0.3 is 0 Å². The average Bonchev–Trinajstić information content (AvgIpc) is 2.76. The quantitative estimate of drug-likeness (QED) is 0.620. The van der Waals surface area contributed by atoms with Crippen LogP contribution in [0.15, 0.2) is 23.8 Å². The molecule has 0 N–H and O–H groups in total. The zero-order valence-corrected chi connectivity index (χ0v) is 13.5. The third kappa shape index (κ3) is 1.81. The molecule has 22 heavy (non-hydrogen) atoms. The molecule has 2 nitrogen and oxygen atoms in total. The maximum absolute atomic E-state index is 11.7. The molecule has 0 amide bonds. The third-order valence-electron chi connectivity index (χ3n) is 7.42. The van der Waals surface area contributed by atoms with Crippen LogP contribution in [0.3, 0.4) is 0 Å². The lowest BCUT2D eigenvalue weighted by atomic mass is 9.51. The average molecular weight is 295 g/mol. The van der Waals surface area contributed by atoms with Gasteiger partial charge in [-0.25, -0.2) is 0 Å². The van der Waals surface area contributed by atoms with Crippen LogP contribution in [0.5, 0.6) is 0 Å². The van der Waals surface area contributed by atoms with Gasteiger partial charge in [-0.05, 0) is 73.7 Å². The van der Waals surface area contributed by atoms with Gasteiger partial charge < -0.3 is 0 Å². The summed E-state index contributed by atoms with van der Waals surface area (Å²) in [5.41, 5.74) is 2.77. The second kappa shape index (κ2) is 4.82. The van der Waals surface area contributed by atoms with Gasteiger partial charge in [0.05, 0.1) is 12.0 Å². The molecule has 0 aromatic heterocycles. The van der Waals surface area contributed by atoms with E-state index in [1.165, 1.54) is 24.0 Å². The van der Waals surface area contributed by atoms with Crippen molar-refractivity contribution < 1.29 is 4.79 Å². The Balaban J connectivity index is 1.66. The van der Waals surface area contributed by atoms with Crippen LogP contribution in [0.25, 0.3) is 0 Å². The summed E-state index contributed by atoms with van der Waals surface area (Å²) >= 11 is 0. The summed E-state index contributed by atoms with van der Waals surface area (Å²) in [5, 5.41) is 9.60. The normalized spacial score (nSPS) is 47.1. The molecular formula is C20H25NO. The van der Waals surface area contributed by atoms with E-state index >= 15 is 0 Å². The molecule has 3 saturated carbocycles. The molecule has 0 heterocycles. The van der Waals surface area contributed by atoms with Crippen molar-refractivity contribution in [2.24, 2.45) is 35.0 Å². The maximum Gasteiger partial charge on any atom is 0.155 e. The molecular weight excluding hydrogens is 270 g/mol. The number of hydrogen-bond acceptors (Lipinski definition) is 2. The molecule has 0 saturated heterocycles. The molecule has 0 spiro atoms. The zero-order chi connectivity index (χ0) is 15.5. The van der Waals surface area contributed by atoms with Gasteiger partial charge in [0.1, 0.15) is 0 Å². The van der Waals surface area contributed by atoms with Crippen LogP contribution in [0, 0.1) is 46.3 Å². The molecule has 0 aliphatic heterocycles. The number of fused-ring (bicyclic) bond motifs is 5. The van der Waals surface area contributed by atoms with Crippen molar-refractivity contribution >= 4 is 5.78 Å². The van der Waals surface area contributed by atoms with Crippen molar-refractivity contribution in [1.29, 1.82) is 5.26 Å². The first-order valence-corrected chi connectivity index (χ1v) is 8.85. The van der Waals surface area contributed by atoms with Crippen molar-refractivity contribution in [2.75, 3.05) is 0 Å². The largest absolute Gasteiger partial charge is 0.295 e. The first-order valence-electron chi connectivity index (χ1n) is 8.85. The number of allylic oxidation sites excluding steroid dienone is 2. The Bertz CT molecular complexity index is 610. The van der Waals surface area contributed by atoms with E-state index in [0.29, 0.717) is 17.6 Å². The number of carbonyl (C=O) groups is 1. The Morgan fingerprint density at radius 2 is 2.09 bits per heavy atom. The van der Waals surface area contributed by atoms with Crippen LogP contribution in [0.4, 0.5) is 0 Å². The van der Waals surface area contributed by atoms with E-state index in [0.717, 1.165) is 43.9 Å². The summed E-state index contributed by atoms with van der Waals surface area (Å²) in [7, 11) is 0. The first-order chi connectivity index (χ1) is 10.5. The van der Waals surface area contributed by atoms with E-state index in [4.69, 9.17) is 0 Å². The number of nitrogens with zero attached hydrogens (tertiary/aromatic N) is 1. The van der Waals surface area contributed by atoms with E-state index in [2.05, 4.69) is 19.6 Å². The van der Waals surface area contributed by atoms with E-state index < -0.39 is 0 Å². The minimum absolute atomic E-state index is 0.0586. The number of nitriles is 1. The zero-order valence-electron chi connectivity index (χ0n) is 13.5. The number of hydrogen-bond donors (Lipinski definition) is 0. The van der Waals surface area contributed by atoms with Gasteiger partial charge in [0.2, 0.25) is 0 Å². The summed E-state index contributed by atoms with van der Waals surface area (Å²) in [4.78, 5) is 11.7. The molecule has 0 aromatic carbocycles. The topological polar surface area (TPSA) is 40.9 Å². The Kier molecular flexibility index (Phi) is 3.12. The molecule has 2 heteroatoms. The van der Waals surface area contributed by atoms with E-state index in [1.54, 1.807) is 0 Å². The van der Waals surface area contributed by atoms with Gasteiger partial charge in [-0.3, -0.25) is 4.79 Å². The Hall–Kier alpha value is -1.36. The summed E-state index contributed by atoms with van der Waals surface area (Å²) in [5.74, 6) is 3.17. The van der Waals surface area contributed by atoms with Crippen LogP contribution in [-0.4, -0.2) is 5.78 Å². The fourth-order valence-corrected chi connectivity index (χ4v) is 6.38. The molecule has 4 aliphatic rings. The molecule has 0 aromatic rings. The van der Waals surface area contributed by atoms with E-state index in [-0.39, 0.29) is 11.3 Å². The van der Waals surface area contributed by atoms with Gasteiger partial charge in [0, 0.05) is 6.42 Å². The molecule has 4 aliphatic carbocycles. The minimum atomic E-state index is 0.0586. The summed E-state index contributed by atoms with van der Waals surface area (Å²) in [6.07, 6.45) is 9.54. The highest BCUT2D eigenvalue weighted by Crippen LogP contribution is 2.64. The van der Waals surface area contributed by atoms with E-state index in [9.17, 15) is 10.1 Å². The molecule has 3 fully saturated rings. The first kappa shape index (κ1) is 14.2. The van der Waals surface area contributed by atoms with Crippen molar-refractivity contribution in [1.82, 2.24) is 0 Å². The third-order valence-corrected chi connectivity index (χ3v) is 7.42. The molecule has 6 atom stereocenters. The van der Waals surface area contributed by atoms with Gasteiger partial charge in [-0.1, -0.05) is 24.6 Å². The smallest absolute Gasteiger partial charge is 0.155 e. The standard InChI is InChI=1S/C20H25NO/c1-12-9-18-17-5-3-13-10-14(22)4-6-15(13)16(17)7-8-20(18,2)19(12)11-21/h10,15-19H,1,3-9H2,2H3/t15-,16+,17+,18-,19-,20-/m0/s1. The van der Waals surface area contributed by atoms with Crippen LogP contribution in [0.1, 0.15) is 51.9 Å². The Labute approximate surface area is 133 Å². The second-order valence-corrected chi connectivity index (χ2v) is 8.27. The van der Waals surface area contributed by atoms with Crippen LogP contribution in [0.2, 0.25) is 0 Å². The van der Waals surface area contributed by atoms with Crippen molar-refractivity contribution in [3.8, 4) is 6.07 Å². The predicted octanol–water partition coefficient (Wildman–Crippen LogP) is 4.43. The summed E-state index contributed by atoms with van der Waals surface area (Å²) in [6, 6.07) is 2.56. The fourth-order valence-electron chi connectivity index (χ4n) is 6.38. The lowest BCUT2D eigenvalue weighted by molar-refractivity contribution is -0.116. The summed E-state index contributed by atoms with van der Waals surface area (Å²) < 4.78 is 0.